The van der Waals surface area contributed by atoms with Crippen LogP contribution in [0.4, 0.5) is 0 Å². The average molecular weight is 271 g/mol. The number of hydrogen-bond donors (Lipinski definition) is 0. The molecule has 0 aliphatic carbocycles. The van der Waals surface area contributed by atoms with Crippen molar-refractivity contribution in [1.82, 2.24) is 8.96 Å². The third kappa shape index (κ3) is 1.92. The van der Waals surface area contributed by atoms with E-state index >= 15 is 0 Å². The lowest BCUT2D eigenvalue weighted by atomic mass is 10.2. The number of aromatic nitrogens is 2. The summed E-state index contributed by atoms with van der Waals surface area (Å²) in [6.45, 7) is 1.91. The van der Waals surface area contributed by atoms with Gasteiger partial charge in [-0.15, -0.1) is 0 Å². The van der Waals surface area contributed by atoms with Crippen molar-refractivity contribution in [2.75, 3.05) is 0 Å². The lowest BCUT2D eigenvalue weighted by molar-refractivity contribution is 0.588. The number of nitrogens with zero attached hydrogens (tertiary/aromatic N) is 2. The van der Waals surface area contributed by atoms with Gasteiger partial charge < -0.3 is 0 Å². The number of aryl methyl sites for hydroxylation is 1. The Bertz CT molecular complexity index is 833. The fraction of sp³-hybridized carbons (Fsp3) is 0.0714. The van der Waals surface area contributed by atoms with Crippen LogP contribution in [0.5, 0.6) is 0 Å². The van der Waals surface area contributed by atoms with Gasteiger partial charge in [0, 0.05) is 23.8 Å². The summed E-state index contributed by atoms with van der Waals surface area (Å²) >= 11 is 0. The Hall–Kier alpha value is -2.14. The van der Waals surface area contributed by atoms with Gasteiger partial charge in [0.15, 0.2) is 5.65 Å². The molecule has 4 nitrogen and oxygen atoms in total. The summed E-state index contributed by atoms with van der Waals surface area (Å²) in [4.78, 5) is 4.35. The summed E-state index contributed by atoms with van der Waals surface area (Å²) in [5.74, 6) is 0. The first kappa shape index (κ1) is 11.9. The van der Waals surface area contributed by atoms with Gasteiger partial charge in [0.25, 0.3) is 10.0 Å². The van der Waals surface area contributed by atoms with Gasteiger partial charge in [-0.25, -0.2) is 17.4 Å². The van der Waals surface area contributed by atoms with E-state index < -0.39 is 10.0 Å². The third-order valence-corrected chi connectivity index (χ3v) is 4.57. The fourth-order valence-corrected chi connectivity index (χ4v) is 3.15. The standard InChI is InChI=1S/C14H11N2O2S/c1-11-4-6-13(7-5-11)19(17,18)16-10-8-12-3-2-9-15-14(12)16/h2-7,9-10H,1H3. The van der Waals surface area contributed by atoms with Crippen LogP contribution < -0.4 is 0 Å². The molecule has 0 fully saturated rings. The summed E-state index contributed by atoms with van der Waals surface area (Å²) in [5.41, 5.74) is 1.41. The van der Waals surface area contributed by atoms with E-state index in [1.807, 2.05) is 6.92 Å². The van der Waals surface area contributed by atoms with E-state index in [1.54, 1.807) is 42.6 Å². The van der Waals surface area contributed by atoms with Gasteiger partial charge in [0.1, 0.15) is 0 Å². The van der Waals surface area contributed by atoms with E-state index in [0.29, 0.717) is 11.0 Å². The first-order valence-corrected chi connectivity index (χ1v) is 7.19. The molecule has 0 amide bonds. The number of rotatable bonds is 2. The molecule has 0 saturated heterocycles. The van der Waals surface area contributed by atoms with E-state index in [2.05, 4.69) is 11.1 Å². The Labute approximate surface area is 111 Å². The van der Waals surface area contributed by atoms with Gasteiger partial charge >= 0.3 is 0 Å². The number of benzene rings is 1. The lowest BCUT2D eigenvalue weighted by Gasteiger charge is -2.07. The predicted octanol–water partition coefficient (Wildman–Crippen LogP) is 2.38. The molecule has 0 bridgehead atoms. The maximum atomic E-state index is 12.5. The minimum atomic E-state index is -3.62. The van der Waals surface area contributed by atoms with Crippen LogP contribution in [-0.2, 0) is 10.0 Å². The molecule has 95 valence electrons. The highest BCUT2D eigenvalue weighted by Gasteiger charge is 2.19. The maximum absolute atomic E-state index is 12.5. The average Bonchev–Trinajstić information content (AvgIpc) is 2.83. The quantitative estimate of drug-likeness (QED) is 0.719. The Morgan fingerprint density at radius 2 is 1.89 bits per heavy atom. The molecule has 19 heavy (non-hydrogen) atoms. The second-order valence-corrected chi connectivity index (χ2v) is 6.08. The van der Waals surface area contributed by atoms with Crippen LogP contribution in [0.3, 0.4) is 0 Å². The topological polar surface area (TPSA) is 52.0 Å². The molecule has 0 unspecified atom stereocenters. The Balaban J connectivity index is 2.22. The highest BCUT2D eigenvalue weighted by Crippen LogP contribution is 2.20. The molecule has 3 aromatic rings. The predicted molar refractivity (Wildman–Crippen MR) is 72.3 cm³/mol. The van der Waals surface area contributed by atoms with E-state index in [0.717, 1.165) is 9.54 Å². The van der Waals surface area contributed by atoms with Gasteiger partial charge in [-0.2, -0.15) is 0 Å². The van der Waals surface area contributed by atoms with Gasteiger partial charge in [0.05, 0.1) is 4.90 Å². The molecule has 0 aliphatic rings. The second-order valence-electron chi connectivity index (χ2n) is 4.26. The van der Waals surface area contributed by atoms with Gasteiger partial charge in [-0.3, -0.25) is 0 Å². The minimum Gasteiger partial charge on any atom is -0.237 e. The van der Waals surface area contributed by atoms with E-state index in [4.69, 9.17) is 0 Å². The van der Waals surface area contributed by atoms with Crippen molar-refractivity contribution in [3.8, 4) is 0 Å². The second kappa shape index (κ2) is 4.20. The summed E-state index contributed by atoms with van der Waals surface area (Å²) in [7, 11) is -3.62. The Morgan fingerprint density at radius 3 is 2.63 bits per heavy atom. The zero-order valence-corrected chi connectivity index (χ0v) is 11.1. The zero-order valence-electron chi connectivity index (χ0n) is 10.2. The first-order chi connectivity index (χ1) is 9.09. The van der Waals surface area contributed by atoms with Gasteiger partial charge in [0.2, 0.25) is 0 Å². The largest absolute Gasteiger partial charge is 0.269 e. The van der Waals surface area contributed by atoms with Crippen molar-refractivity contribution in [2.45, 2.75) is 11.8 Å². The van der Waals surface area contributed by atoms with Crippen LogP contribution in [0.15, 0.2) is 53.7 Å². The monoisotopic (exact) mass is 271 g/mol. The van der Waals surface area contributed by atoms with Crippen LogP contribution in [0.25, 0.3) is 11.0 Å². The van der Waals surface area contributed by atoms with E-state index in [1.165, 1.54) is 6.20 Å². The molecule has 1 aromatic carbocycles. The molecule has 0 spiro atoms. The van der Waals surface area contributed by atoms with Crippen LogP contribution in [0, 0.1) is 13.0 Å². The van der Waals surface area contributed by atoms with Crippen molar-refractivity contribution in [3.63, 3.8) is 0 Å². The lowest BCUT2D eigenvalue weighted by Crippen LogP contribution is -2.12. The normalized spacial score (nSPS) is 11.8. The van der Waals surface area contributed by atoms with Crippen LogP contribution in [-0.4, -0.2) is 17.4 Å². The summed E-state index contributed by atoms with van der Waals surface area (Å²) in [6, 6.07) is 13.2. The van der Waals surface area contributed by atoms with Crippen molar-refractivity contribution in [2.24, 2.45) is 0 Å². The Morgan fingerprint density at radius 1 is 1.16 bits per heavy atom. The molecular formula is C14H11N2O2S. The van der Waals surface area contributed by atoms with Crippen molar-refractivity contribution in [1.29, 1.82) is 0 Å². The number of hydrogen-bond acceptors (Lipinski definition) is 3. The summed E-state index contributed by atoms with van der Waals surface area (Å²) in [5, 5.41) is 0.679. The van der Waals surface area contributed by atoms with Crippen molar-refractivity contribution in [3.05, 3.63) is 60.4 Å². The van der Waals surface area contributed by atoms with E-state index in [9.17, 15) is 8.42 Å². The highest BCUT2D eigenvalue weighted by molar-refractivity contribution is 7.90. The minimum absolute atomic E-state index is 0.245. The molecular weight excluding hydrogens is 260 g/mol. The first-order valence-electron chi connectivity index (χ1n) is 5.75. The van der Waals surface area contributed by atoms with Crippen LogP contribution in [0.1, 0.15) is 5.56 Å². The molecule has 0 atom stereocenters. The molecule has 2 aromatic heterocycles. The van der Waals surface area contributed by atoms with Gasteiger partial charge in [-0.05, 0) is 31.2 Å². The molecule has 2 heterocycles. The van der Waals surface area contributed by atoms with E-state index in [-0.39, 0.29) is 4.90 Å². The molecule has 0 saturated carbocycles. The Kier molecular flexibility index (Phi) is 2.64. The SMILES string of the molecule is Cc1ccc(S(=O)(=O)n2c[c]c3cccnc32)cc1. The zero-order chi connectivity index (χ0) is 13.5. The third-order valence-electron chi connectivity index (χ3n) is 2.91. The highest BCUT2D eigenvalue weighted by atomic mass is 32.2. The number of fused-ring (bicyclic) bond motifs is 1. The molecule has 3 rings (SSSR count). The fourth-order valence-electron chi connectivity index (χ4n) is 1.88. The van der Waals surface area contributed by atoms with Crippen LogP contribution in [0.2, 0.25) is 0 Å². The number of pyridine rings is 1. The smallest absolute Gasteiger partial charge is 0.237 e. The molecule has 5 heteroatoms. The van der Waals surface area contributed by atoms with Crippen molar-refractivity contribution < 1.29 is 8.42 Å². The molecule has 1 radical (unpaired) electrons. The van der Waals surface area contributed by atoms with Gasteiger partial charge in [-0.1, -0.05) is 17.7 Å². The van der Waals surface area contributed by atoms with Crippen molar-refractivity contribution >= 4 is 21.1 Å². The van der Waals surface area contributed by atoms with Crippen LogP contribution >= 0.6 is 0 Å². The maximum Gasteiger partial charge on any atom is 0.269 e. The summed E-state index contributed by atoms with van der Waals surface area (Å²) < 4.78 is 26.2. The summed E-state index contributed by atoms with van der Waals surface area (Å²) in [6.07, 6.45) is 2.98. The molecule has 0 aliphatic heterocycles. The molecule has 0 N–H and O–H groups in total.